The normalized spacial score (nSPS) is 24.7. The van der Waals surface area contributed by atoms with E-state index in [0.29, 0.717) is 6.61 Å². The zero-order chi connectivity index (χ0) is 25.6. The lowest BCUT2D eigenvalue weighted by molar-refractivity contribution is -0.281. The van der Waals surface area contributed by atoms with Crippen LogP contribution in [0.4, 0.5) is 4.79 Å². The van der Waals surface area contributed by atoms with Gasteiger partial charge >= 0.3 is 12.1 Å². The highest BCUT2D eigenvalue weighted by Gasteiger charge is 2.48. The van der Waals surface area contributed by atoms with E-state index in [9.17, 15) is 14.7 Å². The van der Waals surface area contributed by atoms with Gasteiger partial charge in [0.25, 0.3) is 0 Å². The highest BCUT2D eigenvalue weighted by atomic mass is 16.7. The van der Waals surface area contributed by atoms with Gasteiger partial charge in [-0.1, -0.05) is 49.1 Å². The molecule has 0 bridgehead atoms. The van der Waals surface area contributed by atoms with E-state index in [2.05, 4.69) is 18.5 Å². The van der Waals surface area contributed by atoms with Crippen LogP contribution in [0.2, 0.25) is 0 Å². The van der Waals surface area contributed by atoms with Gasteiger partial charge in [0.15, 0.2) is 12.4 Å². The summed E-state index contributed by atoms with van der Waals surface area (Å²) in [6.07, 6.45) is -3.24. The van der Waals surface area contributed by atoms with Crippen LogP contribution in [-0.2, 0) is 39.8 Å². The lowest BCUT2D eigenvalue weighted by Gasteiger charge is -2.44. The van der Waals surface area contributed by atoms with Crippen molar-refractivity contribution in [3.63, 3.8) is 0 Å². The summed E-state index contributed by atoms with van der Waals surface area (Å²) in [6, 6.07) is 8.49. The van der Waals surface area contributed by atoms with Gasteiger partial charge in [-0.3, -0.25) is 0 Å². The number of carbonyl (C=O) groups excluding carboxylic acids is 2. The molecule has 1 heterocycles. The van der Waals surface area contributed by atoms with E-state index in [1.165, 1.54) is 19.1 Å². The predicted octanol–water partition coefficient (Wildman–Crippen LogP) is 2.11. The number of amides is 1. The molecule has 10 nitrogen and oxygen atoms in total. The van der Waals surface area contributed by atoms with Crippen molar-refractivity contribution in [1.29, 1.82) is 0 Å². The van der Waals surface area contributed by atoms with Crippen molar-refractivity contribution in [2.45, 2.75) is 57.2 Å². The molecule has 0 spiro atoms. The van der Waals surface area contributed by atoms with Gasteiger partial charge in [-0.15, -0.1) is 6.58 Å². The van der Waals surface area contributed by atoms with Crippen molar-refractivity contribution >= 4 is 12.1 Å². The number of ether oxygens (including phenoxy) is 6. The highest BCUT2D eigenvalue weighted by Crippen LogP contribution is 2.27. The third-order valence-electron chi connectivity index (χ3n) is 5.04. The molecule has 2 N–H and O–H groups in total. The zero-order valence-corrected chi connectivity index (χ0v) is 20.2. The molecule has 1 saturated heterocycles. The maximum Gasteiger partial charge on any atom is 0.407 e. The summed E-state index contributed by atoms with van der Waals surface area (Å²) < 4.78 is 33.3. The van der Waals surface area contributed by atoms with Crippen molar-refractivity contribution in [3.05, 3.63) is 61.2 Å². The molecule has 1 aliphatic heterocycles. The van der Waals surface area contributed by atoms with E-state index < -0.39 is 48.8 Å². The number of carbonyl (C=O) groups is 2. The topological polar surface area (TPSA) is 122 Å². The number of aliphatic hydroxyl groups is 1. The first-order valence-electron chi connectivity index (χ1n) is 11.4. The molecule has 1 amide bonds. The summed E-state index contributed by atoms with van der Waals surface area (Å²) in [5.41, 5.74) is 0.950. The number of nitrogens with one attached hydrogen (secondary N) is 1. The van der Waals surface area contributed by atoms with Crippen LogP contribution in [-0.4, -0.2) is 80.3 Å². The summed E-state index contributed by atoms with van der Waals surface area (Å²) in [6.45, 7) is 10.8. The Balaban J connectivity index is 2.21. The Labute approximate surface area is 205 Å². The van der Waals surface area contributed by atoms with Crippen molar-refractivity contribution < 1.29 is 43.1 Å². The number of alkyl carbamates (subject to hydrolysis) is 1. The summed E-state index contributed by atoms with van der Waals surface area (Å²) in [7, 11) is 0. The fourth-order valence-electron chi connectivity index (χ4n) is 3.41. The Morgan fingerprint density at radius 2 is 1.89 bits per heavy atom. The molecule has 2 rings (SSSR count). The van der Waals surface area contributed by atoms with E-state index >= 15 is 0 Å². The molecule has 1 aromatic carbocycles. The average molecular weight is 494 g/mol. The number of aliphatic hydroxyl groups excluding tert-OH is 1. The summed E-state index contributed by atoms with van der Waals surface area (Å²) in [4.78, 5) is 24.5. The summed E-state index contributed by atoms with van der Waals surface area (Å²) in [5.74, 6) is -0.611. The van der Waals surface area contributed by atoms with Crippen LogP contribution in [0.3, 0.4) is 0 Å². The molecule has 0 aromatic heterocycles. The average Bonchev–Trinajstić information content (AvgIpc) is 2.86. The van der Waals surface area contributed by atoms with Crippen molar-refractivity contribution in [1.82, 2.24) is 5.32 Å². The first-order valence-corrected chi connectivity index (χ1v) is 11.4. The van der Waals surface area contributed by atoms with Crippen molar-refractivity contribution in [3.8, 4) is 0 Å². The Bertz CT molecular complexity index is 803. The second-order valence-corrected chi connectivity index (χ2v) is 7.71. The van der Waals surface area contributed by atoms with Crippen molar-refractivity contribution in [2.75, 3.05) is 26.4 Å². The fourth-order valence-corrected chi connectivity index (χ4v) is 3.41. The highest BCUT2D eigenvalue weighted by molar-refractivity contribution is 5.74. The molecule has 0 saturated carbocycles. The minimum atomic E-state index is -1.28. The molecule has 10 heteroatoms. The van der Waals surface area contributed by atoms with E-state index in [1.807, 2.05) is 30.3 Å². The van der Waals surface area contributed by atoms with E-state index in [4.69, 9.17) is 28.4 Å². The van der Waals surface area contributed by atoms with Gasteiger partial charge < -0.3 is 38.8 Å². The molecular formula is C25H35NO9. The monoisotopic (exact) mass is 493 g/mol. The van der Waals surface area contributed by atoms with Crippen molar-refractivity contribution in [2.24, 2.45) is 0 Å². The maximum absolute atomic E-state index is 12.3. The van der Waals surface area contributed by atoms with Crippen LogP contribution >= 0.6 is 0 Å². The van der Waals surface area contributed by atoms with Gasteiger partial charge in [-0.2, -0.15) is 0 Å². The standard InChI is InChI=1S/C25H35NO9/c1-5-13-32-24-20(26-25(29)33-14-6-2)22(34-17(4)23(28)31-7-3)21(27)19(35-24)16-30-15-18-11-9-8-10-12-18/h5-6,8-12,17,19-22,24,27H,1-2,7,13-16H2,3-4H3,(H,26,29)/t17-,19?,20?,21-,22?,24+/m1/s1. The van der Waals surface area contributed by atoms with Gasteiger partial charge in [0, 0.05) is 0 Å². The smallest absolute Gasteiger partial charge is 0.407 e. The predicted molar refractivity (Wildman–Crippen MR) is 126 cm³/mol. The zero-order valence-electron chi connectivity index (χ0n) is 20.2. The Kier molecular flexibility index (Phi) is 12.4. The van der Waals surface area contributed by atoms with Gasteiger partial charge in [0.1, 0.15) is 31.0 Å². The van der Waals surface area contributed by atoms with Gasteiger partial charge in [0.2, 0.25) is 0 Å². The number of esters is 1. The third kappa shape index (κ3) is 9.08. The quantitative estimate of drug-likeness (QED) is 0.296. The molecule has 1 aliphatic rings. The van der Waals surface area contributed by atoms with Crippen LogP contribution in [0, 0.1) is 0 Å². The summed E-state index contributed by atoms with van der Waals surface area (Å²) in [5, 5.41) is 13.7. The second kappa shape index (κ2) is 15.3. The summed E-state index contributed by atoms with van der Waals surface area (Å²) >= 11 is 0. The largest absolute Gasteiger partial charge is 0.464 e. The molecule has 35 heavy (non-hydrogen) atoms. The number of hydrogen-bond acceptors (Lipinski definition) is 9. The lowest BCUT2D eigenvalue weighted by Crippen LogP contribution is -2.66. The van der Waals surface area contributed by atoms with Gasteiger partial charge in [-0.05, 0) is 19.4 Å². The van der Waals surface area contributed by atoms with E-state index in [1.54, 1.807) is 6.92 Å². The molecule has 1 fully saturated rings. The molecule has 6 atom stereocenters. The minimum absolute atomic E-state index is 0.00525. The van der Waals surface area contributed by atoms with Gasteiger partial charge in [0.05, 0.1) is 26.4 Å². The molecular weight excluding hydrogens is 458 g/mol. The van der Waals surface area contributed by atoms with Crippen LogP contribution in [0.25, 0.3) is 0 Å². The number of benzene rings is 1. The maximum atomic E-state index is 12.3. The van der Waals surface area contributed by atoms with Crippen LogP contribution in [0.15, 0.2) is 55.6 Å². The van der Waals surface area contributed by atoms with E-state index in [-0.39, 0.29) is 26.4 Å². The lowest BCUT2D eigenvalue weighted by atomic mass is 9.96. The molecule has 0 radical (unpaired) electrons. The Morgan fingerprint density at radius 1 is 1.17 bits per heavy atom. The minimum Gasteiger partial charge on any atom is -0.464 e. The van der Waals surface area contributed by atoms with Crippen LogP contribution in [0.5, 0.6) is 0 Å². The molecule has 194 valence electrons. The Hall–Kier alpha value is -2.76. The number of rotatable bonds is 14. The third-order valence-corrected chi connectivity index (χ3v) is 5.04. The van der Waals surface area contributed by atoms with E-state index in [0.717, 1.165) is 5.56 Å². The van der Waals surface area contributed by atoms with Crippen LogP contribution < -0.4 is 5.32 Å². The SMILES string of the molecule is C=CCOC(=O)NC1C(O[C@H](C)C(=O)OCC)[C@H](O)C(COCc2ccccc2)O[C@@H]1OCC=C. The second-order valence-electron chi connectivity index (χ2n) is 7.71. The Morgan fingerprint density at radius 3 is 2.54 bits per heavy atom. The molecule has 3 unspecified atom stereocenters. The number of hydrogen-bond donors (Lipinski definition) is 2. The first-order chi connectivity index (χ1) is 16.9. The van der Waals surface area contributed by atoms with Crippen LogP contribution in [0.1, 0.15) is 19.4 Å². The molecule has 0 aliphatic carbocycles. The fraction of sp³-hybridized carbons (Fsp3) is 0.520. The molecule has 1 aromatic rings. The first kappa shape index (κ1) is 28.5. The van der Waals surface area contributed by atoms with Gasteiger partial charge in [-0.25, -0.2) is 9.59 Å².